The Morgan fingerprint density at radius 1 is 1.39 bits per heavy atom. The van der Waals surface area contributed by atoms with E-state index in [0.29, 0.717) is 6.54 Å². The van der Waals surface area contributed by atoms with Gasteiger partial charge in [0.15, 0.2) is 5.76 Å². The van der Waals surface area contributed by atoms with Crippen molar-refractivity contribution in [1.29, 1.82) is 0 Å². The summed E-state index contributed by atoms with van der Waals surface area (Å²) >= 11 is 0. The predicted octanol–water partition coefficient (Wildman–Crippen LogP) is 1.05. The molecule has 0 unspecified atom stereocenters. The van der Waals surface area contributed by atoms with Crippen LogP contribution in [0.15, 0.2) is 16.7 Å². The molecule has 0 aliphatic heterocycles. The van der Waals surface area contributed by atoms with E-state index in [1.807, 2.05) is 0 Å². The number of nitrogens with one attached hydrogen (secondary N) is 1. The summed E-state index contributed by atoms with van der Waals surface area (Å²) in [6, 6.07) is 1.22. The summed E-state index contributed by atoms with van der Waals surface area (Å²) in [5.41, 5.74) is -0.0242. The molecule has 0 aliphatic rings. The lowest BCUT2D eigenvalue weighted by atomic mass is 10.3. The number of hydrogen-bond acceptors (Lipinski definition) is 4. The molecule has 2 N–H and O–H groups in total. The van der Waals surface area contributed by atoms with Crippen molar-refractivity contribution in [2.45, 2.75) is 13.8 Å². The highest BCUT2D eigenvalue weighted by atomic mass is 16.4. The van der Waals surface area contributed by atoms with Crippen molar-refractivity contribution >= 4 is 11.9 Å². The second-order valence-corrected chi connectivity index (χ2v) is 3.79. The first-order valence-corrected chi connectivity index (χ1v) is 5.90. The van der Waals surface area contributed by atoms with Gasteiger partial charge >= 0.3 is 5.97 Å². The smallest absolute Gasteiger partial charge is 0.338 e. The molecule has 1 aromatic rings. The van der Waals surface area contributed by atoms with Gasteiger partial charge < -0.3 is 19.7 Å². The van der Waals surface area contributed by atoms with Crippen molar-refractivity contribution in [3.05, 3.63) is 23.7 Å². The normalized spacial score (nSPS) is 10.6. The van der Waals surface area contributed by atoms with Crippen molar-refractivity contribution in [2.75, 3.05) is 26.2 Å². The third kappa shape index (κ3) is 3.89. The van der Waals surface area contributed by atoms with Crippen LogP contribution in [0.3, 0.4) is 0 Å². The van der Waals surface area contributed by atoms with Crippen LogP contribution < -0.4 is 5.32 Å². The first-order valence-electron chi connectivity index (χ1n) is 5.90. The standard InChI is InChI=1S/C12H18N2O4/c1-3-14(4-2)6-5-13-11(15)10-7-9(8-18-10)12(16)17/h7-8H,3-6H2,1-2H3,(H,13,15)(H,16,17). The van der Waals surface area contributed by atoms with Crippen LogP contribution in [0.4, 0.5) is 0 Å². The Morgan fingerprint density at radius 3 is 2.56 bits per heavy atom. The third-order valence-corrected chi connectivity index (χ3v) is 2.68. The Kier molecular flexibility index (Phi) is 5.38. The van der Waals surface area contributed by atoms with Gasteiger partial charge in [0.05, 0.1) is 5.56 Å². The number of likely N-dealkylation sites (N-methyl/N-ethyl adjacent to an activating group) is 1. The largest absolute Gasteiger partial charge is 0.478 e. The van der Waals surface area contributed by atoms with Gasteiger partial charge in [-0.3, -0.25) is 4.79 Å². The van der Waals surface area contributed by atoms with Gasteiger partial charge in [-0.15, -0.1) is 0 Å². The van der Waals surface area contributed by atoms with Crippen molar-refractivity contribution in [3.63, 3.8) is 0 Å². The molecule has 1 heterocycles. The maximum Gasteiger partial charge on any atom is 0.338 e. The second-order valence-electron chi connectivity index (χ2n) is 3.79. The fraction of sp³-hybridized carbons (Fsp3) is 0.500. The second kappa shape index (κ2) is 6.80. The van der Waals surface area contributed by atoms with E-state index in [0.717, 1.165) is 25.9 Å². The molecule has 1 rings (SSSR count). The van der Waals surface area contributed by atoms with Crippen molar-refractivity contribution < 1.29 is 19.1 Å². The zero-order valence-electron chi connectivity index (χ0n) is 10.6. The molecule has 100 valence electrons. The Morgan fingerprint density at radius 2 is 2.06 bits per heavy atom. The van der Waals surface area contributed by atoms with Crippen molar-refractivity contribution in [1.82, 2.24) is 10.2 Å². The fourth-order valence-electron chi connectivity index (χ4n) is 1.52. The van der Waals surface area contributed by atoms with E-state index in [1.54, 1.807) is 0 Å². The third-order valence-electron chi connectivity index (χ3n) is 2.68. The summed E-state index contributed by atoms with van der Waals surface area (Å²) in [5.74, 6) is -1.48. The number of furan rings is 1. The van der Waals surface area contributed by atoms with Gasteiger partial charge in [-0.2, -0.15) is 0 Å². The van der Waals surface area contributed by atoms with Crippen LogP contribution in [0.25, 0.3) is 0 Å². The summed E-state index contributed by atoms with van der Waals surface area (Å²) in [6.07, 6.45) is 1.06. The molecule has 0 atom stereocenters. The number of carboxylic acids is 1. The summed E-state index contributed by atoms with van der Waals surface area (Å²) in [5, 5.41) is 11.4. The Hall–Kier alpha value is -1.82. The molecule has 0 aromatic carbocycles. The molecule has 6 nitrogen and oxygen atoms in total. The van der Waals surface area contributed by atoms with Crippen LogP contribution in [0, 0.1) is 0 Å². The molecule has 0 bridgehead atoms. The van der Waals surface area contributed by atoms with Gasteiger partial charge in [0.25, 0.3) is 5.91 Å². The first-order chi connectivity index (χ1) is 8.58. The number of hydrogen-bond donors (Lipinski definition) is 2. The number of carbonyl (C=O) groups excluding carboxylic acids is 1. The van der Waals surface area contributed by atoms with E-state index < -0.39 is 11.9 Å². The van der Waals surface area contributed by atoms with E-state index in [4.69, 9.17) is 9.52 Å². The molecular weight excluding hydrogens is 236 g/mol. The first kappa shape index (κ1) is 14.2. The minimum absolute atomic E-state index is 0.0203. The molecule has 1 amide bonds. The van der Waals surface area contributed by atoms with Gasteiger partial charge in [0, 0.05) is 19.2 Å². The number of carboxylic acid groups (broad SMARTS) is 1. The zero-order chi connectivity index (χ0) is 13.5. The van der Waals surface area contributed by atoms with E-state index in [9.17, 15) is 9.59 Å². The average Bonchev–Trinajstić information content (AvgIpc) is 2.84. The van der Waals surface area contributed by atoms with Gasteiger partial charge in [-0.25, -0.2) is 4.79 Å². The number of aromatic carboxylic acids is 1. The molecule has 0 radical (unpaired) electrons. The quantitative estimate of drug-likeness (QED) is 0.760. The Bertz CT molecular complexity index is 410. The highest BCUT2D eigenvalue weighted by molar-refractivity contribution is 5.95. The van der Waals surface area contributed by atoms with Gasteiger partial charge in [-0.05, 0) is 13.1 Å². The molecule has 6 heteroatoms. The predicted molar refractivity (Wildman–Crippen MR) is 65.8 cm³/mol. The average molecular weight is 254 g/mol. The molecule has 18 heavy (non-hydrogen) atoms. The minimum atomic E-state index is -1.11. The monoisotopic (exact) mass is 254 g/mol. The lowest BCUT2D eigenvalue weighted by Gasteiger charge is -2.17. The SMILES string of the molecule is CCN(CC)CCNC(=O)c1cc(C(=O)O)co1. The summed E-state index contributed by atoms with van der Waals surface area (Å²) < 4.78 is 4.89. The molecule has 1 aromatic heterocycles. The van der Waals surface area contributed by atoms with E-state index >= 15 is 0 Å². The summed E-state index contributed by atoms with van der Waals surface area (Å²) in [7, 11) is 0. The van der Waals surface area contributed by atoms with Gasteiger partial charge in [0.2, 0.25) is 0 Å². The lowest BCUT2D eigenvalue weighted by molar-refractivity contribution is 0.0696. The summed E-state index contributed by atoms with van der Waals surface area (Å²) in [6.45, 7) is 7.22. The molecule has 0 aliphatic carbocycles. The Labute approximate surface area is 106 Å². The number of nitrogens with zero attached hydrogens (tertiary/aromatic N) is 1. The number of carbonyl (C=O) groups is 2. The highest BCUT2D eigenvalue weighted by Crippen LogP contribution is 2.07. The van der Waals surface area contributed by atoms with Crippen LogP contribution in [-0.4, -0.2) is 48.1 Å². The maximum atomic E-state index is 11.6. The van der Waals surface area contributed by atoms with E-state index in [-0.39, 0.29) is 11.3 Å². The van der Waals surface area contributed by atoms with E-state index in [2.05, 4.69) is 24.1 Å². The zero-order valence-corrected chi connectivity index (χ0v) is 10.6. The Balaban J connectivity index is 2.42. The van der Waals surface area contributed by atoms with Crippen LogP contribution in [0.5, 0.6) is 0 Å². The summed E-state index contributed by atoms with van der Waals surface area (Å²) in [4.78, 5) is 24.4. The van der Waals surface area contributed by atoms with Crippen LogP contribution in [0.1, 0.15) is 34.8 Å². The topological polar surface area (TPSA) is 82.8 Å². The fourth-order valence-corrected chi connectivity index (χ4v) is 1.52. The molecule has 0 fully saturated rings. The van der Waals surface area contributed by atoms with Gasteiger partial charge in [-0.1, -0.05) is 13.8 Å². The van der Waals surface area contributed by atoms with Crippen LogP contribution in [-0.2, 0) is 0 Å². The number of rotatable bonds is 7. The van der Waals surface area contributed by atoms with E-state index in [1.165, 1.54) is 6.07 Å². The molecule has 0 saturated heterocycles. The molecule has 0 spiro atoms. The van der Waals surface area contributed by atoms with Crippen molar-refractivity contribution in [3.8, 4) is 0 Å². The van der Waals surface area contributed by atoms with Crippen LogP contribution in [0.2, 0.25) is 0 Å². The van der Waals surface area contributed by atoms with Gasteiger partial charge in [0.1, 0.15) is 6.26 Å². The maximum absolute atomic E-state index is 11.6. The molecule has 0 saturated carbocycles. The molecular formula is C12H18N2O4. The lowest BCUT2D eigenvalue weighted by Crippen LogP contribution is -2.34. The van der Waals surface area contributed by atoms with Crippen LogP contribution >= 0.6 is 0 Å². The number of amides is 1. The highest BCUT2D eigenvalue weighted by Gasteiger charge is 2.14. The minimum Gasteiger partial charge on any atom is -0.478 e. The van der Waals surface area contributed by atoms with Crippen molar-refractivity contribution in [2.24, 2.45) is 0 Å².